The van der Waals surface area contributed by atoms with E-state index in [1.807, 2.05) is 6.07 Å². The Morgan fingerprint density at radius 2 is 2.30 bits per heavy atom. The summed E-state index contributed by atoms with van der Waals surface area (Å²) in [5.41, 5.74) is 0.919. The quantitative estimate of drug-likeness (QED) is 0.885. The molecule has 4 nitrogen and oxygen atoms in total. The van der Waals surface area contributed by atoms with E-state index in [2.05, 4.69) is 4.90 Å². The summed E-state index contributed by atoms with van der Waals surface area (Å²) in [4.78, 5) is 2.30. The molecule has 0 aliphatic carbocycles. The Morgan fingerprint density at radius 3 is 3.00 bits per heavy atom. The van der Waals surface area contributed by atoms with Crippen LogP contribution >= 0.6 is 0 Å². The summed E-state index contributed by atoms with van der Waals surface area (Å²) >= 11 is 0. The first-order valence-corrected chi connectivity index (χ1v) is 7.95. The van der Waals surface area contributed by atoms with Gasteiger partial charge in [-0.25, -0.2) is 4.39 Å². The highest BCUT2D eigenvalue weighted by molar-refractivity contribution is 5.29. The van der Waals surface area contributed by atoms with Crippen LogP contribution in [0.5, 0.6) is 5.75 Å². The fourth-order valence-electron chi connectivity index (χ4n) is 3.27. The monoisotopic (exact) mass is 319 g/mol. The number of halogens is 1. The number of nitrogens with zero attached hydrogens (tertiary/aromatic N) is 1. The van der Waals surface area contributed by atoms with E-state index >= 15 is 0 Å². The summed E-state index contributed by atoms with van der Waals surface area (Å²) in [5, 5.41) is 10.3. The molecule has 0 radical (unpaired) electrons. The van der Waals surface area contributed by atoms with Crippen molar-refractivity contribution in [3.05, 3.63) is 53.7 Å². The smallest absolute Gasteiger partial charge is 0.165 e. The van der Waals surface area contributed by atoms with Gasteiger partial charge in [0.05, 0.1) is 13.4 Å². The highest BCUT2D eigenvalue weighted by Gasteiger charge is 2.28. The minimum Gasteiger partial charge on any atom is -0.494 e. The van der Waals surface area contributed by atoms with Gasteiger partial charge in [-0.15, -0.1) is 0 Å². The molecule has 0 spiro atoms. The van der Waals surface area contributed by atoms with Crippen molar-refractivity contribution < 1.29 is 18.7 Å². The minimum atomic E-state index is -0.594. The maximum absolute atomic E-state index is 13.8. The molecule has 5 heteroatoms. The number of rotatable bonds is 6. The SMILES string of the molecule is COc1ccc(CN2CCCC2CC(O)c2ccco2)cc1F. The van der Waals surface area contributed by atoms with Crippen molar-refractivity contribution in [3.8, 4) is 5.75 Å². The maximum Gasteiger partial charge on any atom is 0.165 e. The molecule has 124 valence electrons. The van der Waals surface area contributed by atoms with E-state index in [1.165, 1.54) is 13.2 Å². The van der Waals surface area contributed by atoms with Gasteiger partial charge in [-0.2, -0.15) is 0 Å². The molecule has 0 amide bonds. The Labute approximate surface area is 135 Å². The lowest BCUT2D eigenvalue weighted by Crippen LogP contribution is -2.30. The van der Waals surface area contributed by atoms with E-state index in [0.717, 1.165) is 24.9 Å². The lowest BCUT2D eigenvalue weighted by atomic mass is 10.0. The molecule has 1 aliphatic rings. The van der Waals surface area contributed by atoms with Gasteiger partial charge < -0.3 is 14.3 Å². The Hall–Kier alpha value is -1.85. The van der Waals surface area contributed by atoms with Crippen molar-refractivity contribution in [2.45, 2.75) is 38.0 Å². The topological polar surface area (TPSA) is 45.8 Å². The number of hydrogen-bond donors (Lipinski definition) is 1. The van der Waals surface area contributed by atoms with Crippen LogP contribution in [0.2, 0.25) is 0 Å². The zero-order valence-electron chi connectivity index (χ0n) is 13.2. The van der Waals surface area contributed by atoms with Crippen LogP contribution in [0.15, 0.2) is 41.0 Å². The second-order valence-electron chi connectivity index (χ2n) is 6.00. The van der Waals surface area contributed by atoms with E-state index in [4.69, 9.17) is 9.15 Å². The number of aliphatic hydroxyl groups is 1. The fraction of sp³-hybridized carbons (Fsp3) is 0.444. The highest BCUT2D eigenvalue weighted by Crippen LogP contribution is 2.29. The van der Waals surface area contributed by atoms with E-state index < -0.39 is 6.10 Å². The van der Waals surface area contributed by atoms with Gasteiger partial charge in [0.2, 0.25) is 0 Å². The van der Waals surface area contributed by atoms with Gasteiger partial charge in [0.25, 0.3) is 0 Å². The van der Waals surface area contributed by atoms with Gasteiger partial charge >= 0.3 is 0 Å². The van der Waals surface area contributed by atoms with Gasteiger partial charge in [-0.3, -0.25) is 4.90 Å². The molecule has 2 unspecified atom stereocenters. The zero-order valence-corrected chi connectivity index (χ0v) is 13.2. The third-order valence-corrected chi connectivity index (χ3v) is 4.47. The Balaban J connectivity index is 1.63. The molecule has 0 saturated carbocycles. The summed E-state index contributed by atoms with van der Waals surface area (Å²) in [5.74, 6) is 0.531. The zero-order chi connectivity index (χ0) is 16.2. The molecule has 1 aliphatic heterocycles. The molecule has 2 aromatic rings. The summed E-state index contributed by atoms with van der Waals surface area (Å²) in [7, 11) is 1.46. The number of aliphatic hydroxyl groups excluding tert-OH is 1. The standard InChI is InChI=1S/C18H22FNO3/c1-22-17-7-6-13(10-15(17)19)12-20-8-2-4-14(20)11-16(21)18-5-3-9-23-18/h3,5-7,9-10,14,16,21H,2,4,8,11-12H2,1H3. The normalized spacial score (nSPS) is 19.9. The van der Waals surface area contributed by atoms with Crippen LogP contribution in [0.3, 0.4) is 0 Å². The number of ether oxygens (including phenoxy) is 1. The van der Waals surface area contributed by atoms with Gasteiger partial charge in [-0.1, -0.05) is 6.07 Å². The first-order chi connectivity index (χ1) is 11.2. The molecule has 2 heterocycles. The molecule has 0 bridgehead atoms. The van der Waals surface area contributed by atoms with Crippen molar-refractivity contribution in [1.29, 1.82) is 0 Å². The Kier molecular flexibility index (Phi) is 4.98. The van der Waals surface area contributed by atoms with Crippen LogP contribution in [0.25, 0.3) is 0 Å². The molecule has 2 atom stereocenters. The lowest BCUT2D eigenvalue weighted by Gasteiger charge is -2.26. The molecular weight excluding hydrogens is 297 g/mol. The van der Waals surface area contributed by atoms with Crippen LogP contribution in [0, 0.1) is 5.82 Å². The average Bonchev–Trinajstić information content (AvgIpc) is 3.20. The number of methoxy groups -OCH3 is 1. The van der Waals surface area contributed by atoms with Crippen molar-refractivity contribution in [3.63, 3.8) is 0 Å². The molecule has 23 heavy (non-hydrogen) atoms. The van der Waals surface area contributed by atoms with Crippen molar-refractivity contribution in [1.82, 2.24) is 4.90 Å². The van der Waals surface area contributed by atoms with Crippen LogP contribution in [-0.4, -0.2) is 29.7 Å². The van der Waals surface area contributed by atoms with E-state index in [0.29, 0.717) is 18.7 Å². The van der Waals surface area contributed by atoms with Gasteiger partial charge in [0.15, 0.2) is 11.6 Å². The van der Waals surface area contributed by atoms with E-state index in [1.54, 1.807) is 24.5 Å². The number of likely N-dealkylation sites (tertiary alicyclic amines) is 1. The van der Waals surface area contributed by atoms with Crippen molar-refractivity contribution in [2.24, 2.45) is 0 Å². The molecule has 1 N–H and O–H groups in total. The van der Waals surface area contributed by atoms with Crippen LogP contribution in [0.4, 0.5) is 4.39 Å². The molecule has 1 saturated heterocycles. The third-order valence-electron chi connectivity index (χ3n) is 4.47. The largest absolute Gasteiger partial charge is 0.494 e. The summed E-state index contributed by atoms with van der Waals surface area (Å²) < 4.78 is 24.0. The fourth-order valence-corrected chi connectivity index (χ4v) is 3.27. The second kappa shape index (κ2) is 7.15. The van der Waals surface area contributed by atoms with Crippen LogP contribution in [0.1, 0.15) is 36.7 Å². The van der Waals surface area contributed by atoms with Gasteiger partial charge in [0.1, 0.15) is 11.9 Å². The van der Waals surface area contributed by atoms with Crippen molar-refractivity contribution in [2.75, 3.05) is 13.7 Å². The Morgan fingerprint density at radius 1 is 1.43 bits per heavy atom. The third kappa shape index (κ3) is 3.74. The Bertz CT molecular complexity index is 629. The van der Waals surface area contributed by atoms with Gasteiger partial charge in [-0.05, 0) is 55.6 Å². The first-order valence-electron chi connectivity index (χ1n) is 7.95. The van der Waals surface area contributed by atoms with Crippen LogP contribution < -0.4 is 4.74 Å². The molecular formula is C18H22FNO3. The summed E-state index contributed by atoms with van der Waals surface area (Å²) in [6, 6.07) is 8.93. The molecule has 1 aromatic heterocycles. The summed E-state index contributed by atoms with van der Waals surface area (Å²) in [6.45, 7) is 1.64. The summed E-state index contributed by atoms with van der Waals surface area (Å²) in [6.07, 6.45) is 3.74. The van der Waals surface area contributed by atoms with E-state index in [-0.39, 0.29) is 17.6 Å². The minimum absolute atomic E-state index is 0.264. The number of benzene rings is 1. The first kappa shape index (κ1) is 16.0. The number of furan rings is 1. The number of hydrogen-bond acceptors (Lipinski definition) is 4. The highest BCUT2D eigenvalue weighted by atomic mass is 19.1. The predicted molar refractivity (Wildman–Crippen MR) is 84.7 cm³/mol. The molecule has 1 aromatic carbocycles. The predicted octanol–water partition coefficient (Wildman–Crippen LogP) is 3.52. The average molecular weight is 319 g/mol. The van der Waals surface area contributed by atoms with Crippen molar-refractivity contribution >= 4 is 0 Å². The van der Waals surface area contributed by atoms with E-state index in [9.17, 15) is 9.50 Å². The molecule has 1 fully saturated rings. The van der Waals surface area contributed by atoms with Crippen LogP contribution in [-0.2, 0) is 6.54 Å². The second-order valence-corrected chi connectivity index (χ2v) is 6.00. The van der Waals surface area contributed by atoms with Gasteiger partial charge in [0, 0.05) is 12.6 Å². The maximum atomic E-state index is 13.8. The lowest BCUT2D eigenvalue weighted by molar-refractivity contribution is 0.0995. The molecule has 3 rings (SSSR count).